The van der Waals surface area contributed by atoms with Gasteiger partial charge in [-0.05, 0) is 23.1 Å². The average molecular weight is 274 g/mol. The van der Waals surface area contributed by atoms with Gasteiger partial charge >= 0.3 is 5.97 Å². The molecule has 1 N–H and O–H groups in total. The van der Waals surface area contributed by atoms with Crippen molar-refractivity contribution in [2.75, 3.05) is 0 Å². The Balaban J connectivity index is 2.20. The van der Waals surface area contributed by atoms with E-state index < -0.39 is 5.97 Å². The second kappa shape index (κ2) is 5.41. The SMILES string of the molecule is CC(C)(C)c1ccccc1OCc1ccoc1C(=O)O. The second-order valence-corrected chi connectivity index (χ2v) is 5.61. The molecule has 0 aliphatic rings. The van der Waals surface area contributed by atoms with Crippen LogP contribution in [0.4, 0.5) is 0 Å². The van der Waals surface area contributed by atoms with Crippen molar-refractivity contribution in [1.82, 2.24) is 0 Å². The molecule has 0 saturated carbocycles. The Morgan fingerprint density at radius 3 is 2.60 bits per heavy atom. The van der Waals surface area contributed by atoms with Crippen molar-refractivity contribution in [2.45, 2.75) is 32.8 Å². The van der Waals surface area contributed by atoms with Crippen molar-refractivity contribution in [3.8, 4) is 5.75 Å². The molecule has 0 atom stereocenters. The van der Waals surface area contributed by atoms with Crippen LogP contribution in [0, 0.1) is 0 Å². The summed E-state index contributed by atoms with van der Waals surface area (Å²) in [5.41, 5.74) is 1.57. The Labute approximate surface area is 118 Å². The number of benzene rings is 1. The Bertz CT molecular complexity index is 605. The topological polar surface area (TPSA) is 59.7 Å². The minimum atomic E-state index is -1.09. The number of hydrogen-bond acceptors (Lipinski definition) is 3. The highest BCUT2D eigenvalue weighted by Crippen LogP contribution is 2.31. The molecule has 4 heteroatoms. The van der Waals surface area contributed by atoms with E-state index in [9.17, 15) is 4.79 Å². The van der Waals surface area contributed by atoms with Gasteiger partial charge in [-0.2, -0.15) is 0 Å². The van der Waals surface area contributed by atoms with Gasteiger partial charge < -0.3 is 14.3 Å². The molecule has 0 amide bonds. The number of rotatable bonds is 4. The van der Waals surface area contributed by atoms with Crippen molar-refractivity contribution >= 4 is 5.97 Å². The van der Waals surface area contributed by atoms with Crippen LogP contribution in [-0.2, 0) is 12.0 Å². The lowest BCUT2D eigenvalue weighted by atomic mass is 9.86. The summed E-state index contributed by atoms with van der Waals surface area (Å²) in [6, 6.07) is 9.39. The summed E-state index contributed by atoms with van der Waals surface area (Å²) in [6.45, 7) is 6.49. The van der Waals surface area contributed by atoms with Gasteiger partial charge in [-0.1, -0.05) is 39.0 Å². The molecule has 0 bridgehead atoms. The normalized spacial score (nSPS) is 11.3. The van der Waals surface area contributed by atoms with Crippen LogP contribution >= 0.6 is 0 Å². The number of para-hydroxylation sites is 1. The summed E-state index contributed by atoms with van der Waals surface area (Å²) in [4.78, 5) is 11.0. The number of ether oxygens (including phenoxy) is 1. The van der Waals surface area contributed by atoms with Gasteiger partial charge in [0.1, 0.15) is 12.4 Å². The minimum absolute atomic E-state index is 0.0391. The van der Waals surface area contributed by atoms with Crippen LogP contribution in [0.1, 0.15) is 42.5 Å². The van der Waals surface area contributed by atoms with Crippen LogP contribution in [0.5, 0.6) is 5.75 Å². The van der Waals surface area contributed by atoms with Crippen LogP contribution in [-0.4, -0.2) is 11.1 Å². The van der Waals surface area contributed by atoms with Gasteiger partial charge in [0.15, 0.2) is 0 Å². The molecule has 0 radical (unpaired) electrons. The highest BCUT2D eigenvalue weighted by molar-refractivity contribution is 5.86. The van der Waals surface area contributed by atoms with Crippen molar-refractivity contribution in [2.24, 2.45) is 0 Å². The lowest BCUT2D eigenvalue weighted by molar-refractivity contribution is 0.0658. The summed E-state index contributed by atoms with van der Waals surface area (Å²) < 4.78 is 10.7. The monoisotopic (exact) mass is 274 g/mol. The third-order valence-corrected chi connectivity index (χ3v) is 3.02. The predicted octanol–water partition coefficient (Wildman–Crippen LogP) is 3.85. The number of carboxylic acid groups (broad SMARTS) is 1. The fourth-order valence-electron chi connectivity index (χ4n) is 2.00. The van der Waals surface area contributed by atoms with Crippen molar-refractivity contribution in [3.05, 3.63) is 53.5 Å². The smallest absolute Gasteiger partial charge is 0.372 e. The number of aromatic carboxylic acids is 1. The summed E-state index contributed by atoms with van der Waals surface area (Å²) >= 11 is 0. The van der Waals surface area contributed by atoms with Crippen LogP contribution in [0.25, 0.3) is 0 Å². The number of carbonyl (C=O) groups is 1. The molecule has 1 aromatic heterocycles. The largest absolute Gasteiger partial charge is 0.488 e. The van der Waals surface area contributed by atoms with Crippen molar-refractivity contribution < 1.29 is 19.1 Å². The fraction of sp³-hybridized carbons (Fsp3) is 0.312. The molecule has 0 unspecified atom stereocenters. The van der Waals surface area contributed by atoms with Crippen LogP contribution in [0.15, 0.2) is 41.0 Å². The lowest BCUT2D eigenvalue weighted by Crippen LogP contribution is -2.13. The van der Waals surface area contributed by atoms with Gasteiger partial charge in [0.05, 0.1) is 6.26 Å². The first-order chi connectivity index (χ1) is 9.39. The molecule has 0 aliphatic heterocycles. The molecule has 1 aromatic carbocycles. The van der Waals surface area contributed by atoms with E-state index in [0.717, 1.165) is 11.3 Å². The van der Waals surface area contributed by atoms with Gasteiger partial charge in [-0.15, -0.1) is 0 Å². The van der Waals surface area contributed by atoms with Gasteiger partial charge in [0.2, 0.25) is 5.76 Å². The van der Waals surface area contributed by atoms with Crippen LogP contribution < -0.4 is 4.74 Å². The van der Waals surface area contributed by atoms with E-state index in [4.69, 9.17) is 14.3 Å². The van der Waals surface area contributed by atoms with Gasteiger partial charge in [0, 0.05) is 5.56 Å². The summed E-state index contributed by atoms with van der Waals surface area (Å²) in [5, 5.41) is 8.99. The summed E-state index contributed by atoms with van der Waals surface area (Å²) in [5.74, 6) is -0.395. The molecule has 2 rings (SSSR count). The first-order valence-corrected chi connectivity index (χ1v) is 6.41. The molecular weight excluding hydrogens is 256 g/mol. The average Bonchev–Trinajstić information content (AvgIpc) is 2.84. The molecule has 2 aromatic rings. The molecule has 4 nitrogen and oxygen atoms in total. The third-order valence-electron chi connectivity index (χ3n) is 3.02. The van der Waals surface area contributed by atoms with E-state index in [1.54, 1.807) is 6.07 Å². The van der Waals surface area contributed by atoms with Crippen molar-refractivity contribution in [1.29, 1.82) is 0 Å². The molecule has 0 aliphatic carbocycles. The van der Waals surface area contributed by atoms with Crippen LogP contribution in [0.2, 0.25) is 0 Å². The molecule has 0 spiro atoms. The summed E-state index contributed by atoms with van der Waals surface area (Å²) in [6.07, 6.45) is 1.36. The van der Waals surface area contributed by atoms with E-state index in [-0.39, 0.29) is 17.8 Å². The zero-order valence-corrected chi connectivity index (χ0v) is 11.8. The quantitative estimate of drug-likeness (QED) is 0.919. The number of hydrogen-bond donors (Lipinski definition) is 1. The van der Waals surface area contributed by atoms with Crippen molar-refractivity contribution in [3.63, 3.8) is 0 Å². The fourth-order valence-corrected chi connectivity index (χ4v) is 2.00. The maximum atomic E-state index is 11.0. The second-order valence-electron chi connectivity index (χ2n) is 5.61. The zero-order valence-electron chi connectivity index (χ0n) is 11.8. The lowest BCUT2D eigenvalue weighted by Gasteiger charge is -2.22. The minimum Gasteiger partial charge on any atom is -0.488 e. The summed E-state index contributed by atoms with van der Waals surface area (Å²) in [7, 11) is 0. The molecule has 106 valence electrons. The maximum Gasteiger partial charge on any atom is 0.372 e. The molecule has 20 heavy (non-hydrogen) atoms. The van der Waals surface area contributed by atoms with E-state index in [0.29, 0.717) is 5.56 Å². The third kappa shape index (κ3) is 3.02. The van der Waals surface area contributed by atoms with Gasteiger partial charge in [-0.25, -0.2) is 4.79 Å². The zero-order chi connectivity index (χ0) is 14.8. The number of furan rings is 1. The van der Waals surface area contributed by atoms with E-state index in [2.05, 4.69) is 20.8 Å². The Morgan fingerprint density at radius 1 is 1.25 bits per heavy atom. The Kier molecular flexibility index (Phi) is 3.84. The van der Waals surface area contributed by atoms with Gasteiger partial charge in [0.25, 0.3) is 0 Å². The molecule has 0 saturated heterocycles. The van der Waals surface area contributed by atoms with E-state index in [1.165, 1.54) is 6.26 Å². The molecule has 0 fully saturated rings. The standard InChI is InChI=1S/C16H18O4/c1-16(2,3)12-6-4-5-7-13(12)20-10-11-8-9-19-14(11)15(17)18/h4-9H,10H2,1-3H3,(H,17,18). The molecular formula is C16H18O4. The van der Waals surface area contributed by atoms with E-state index >= 15 is 0 Å². The predicted molar refractivity (Wildman–Crippen MR) is 75.1 cm³/mol. The number of carboxylic acids is 1. The highest BCUT2D eigenvalue weighted by Gasteiger charge is 2.19. The van der Waals surface area contributed by atoms with E-state index in [1.807, 2.05) is 24.3 Å². The highest BCUT2D eigenvalue weighted by atomic mass is 16.5. The first-order valence-electron chi connectivity index (χ1n) is 6.41. The van der Waals surface area contributed by atoms with Crippen LogP contribution in [0.3, 0.4) is 0 Å². The maximum absolute atomic E-state index is 11.0. The van der Waals surface area contributed by atoms with Gasteiger partial charge in [-0.3, -0.25) is 0 Å². The Morgan fingerprint density at radius 2 is 1.95 bits per heavy atom. The first kappa shape index (κ1) is 14.2. The molecule has 1 heterocycles. The Hall–Kier alpha value is -2.23.